The van der Waals surface area contributed by atoms with E-state index in [1.807, 2.05) is 38.1 Å². The Labute approximate surface area is 185 Å². The van der Waals surface area contributed by atoms with Crippen LogP contribution in [0, 0.1) is 19.8 Å². The van der Waals surface area contributed by atoms with Gasteiger partial charge in [0.2, 0.25) is 17.8 Å². The quantitative estimate of drug-likeness (QED) is 0.619. The normalized spacial score (nSPS) is 15.9. The van der Waals surface area contributed by atoms with Crippen LogP contribution in [-0.2, 0) is 16.0 Å². The van der Waals surface area contributed by atoms with Crippen LogP contribution in [-0.4, -0.2) is 38.1 Å². The van der Waals surface area contributed by atoms with Crippen molar-refractivity contribution in [2.75, 3.05) is 16.8 Å². The van der Waals surface area contributed by atoms with Gasteiger partial charge in [0.05, 0.1) is 11.6 Å². The highest BCUT2D eigenvalue weighted by Crippen LogP contribution is 2.26. The molecule has 2 amide bonds. The second-order valence-corrected chi connectivity index (χ2v) is 8.12. The van der Waals surface area contributed by atoms with Crippen molar-refractivity contribution >= 4 is 23.3 Å². The Morgan fingerprint density at radius 2 is 1.94 bits per heavy atom. The highest BCUT2D eigenvalue weighted by molar-refractivity contribution is 6.03. The molecule has 0 aliphatic carbocycles. The highest BCUT2D eigenvalue weighted by atomic mass is 16.2. The van der Waals surface area contributed by atoms with E-state index >= 15 is 0 Å². The van der Waals surface area contributed by atoms with Crippen molar-refractivity contribution in [2.45, 2.75) is 40.0 Å². The smallest absolute Gasteiger partial charge is 0.252 e. The van der Waals surface area contributed by atoms with Gasteiger partial charge >= 0.3 is 0 Å². The molecule has 9 nitrogen and oxygen atoms in total. The molecule has 9 heteroatoms. The second-order valence-electron chi connectivity index (χ2n) is 8.12. The number of carbonyl (C=O) groups excluding carboxylic acids is 2. The van der Waals surface area contributed by atoms with Crippen LogP contribution in [0.5, 0.6) is 0 Å². The van der Waals surface area contributed by atoms with Crippen molar-refractivity contribution in [1.82, 2.24) is 19.7 Å². The zero-order valence-electron chi connectivity index (χ0n) is 18.4. The summed E-state index contributed by atoms with van der Waals surface area (Å²) in [5.41, 5.74) is 2.93. The highest BCUT2D eigenvalue weighted by Gasteiger charge is 2.35. The van der Waals surface area contributed by atoms with E-state index in [4.69, 9.17) is 0 Å². The lowest BCUT2D eigenvalue weighted by atomic mass is 10.1. The molecule has 3 heterocycles. The molecule has 166 valence electrons. The Balaban J connectivity index is 1.54. The van der Waals surface area contributed by atoms with E-state index in [1.165, 1.54) is 10.7 Å². The van der Waals surface area contributed by atoms with E-state index < -0.39 is 5.92 Å². The molecule has 1 fully saturated rings. The maximum absolute atomic E-state index is 13.0. The maximum atomic E-state index is 13.0. The van der Waals surface area contributed by atoms with Crippen LogP contribution in [0.3, 0.4) is 0 Å². The SMILES string of the molecule is CCCc1cc(=O)[nH]c(-n2nc(C)cc2NC(=O)[C@@H]2CC(=O)N(c3ccc(C)cc3)C2)n1. The Bertz CT molecular complexity index is 1210. The van der Waals surface area contributed by atoms with Gasteiger partial charge in [-0.1, -0.05) is 31.0 Å². The first-order chi connectivity index (χ1) is 15.3. The summed E-state index contributed by atoms with van der Waals surface area (Å²) in [6.45, 7) is 6.09. The number of amides is 2. The number of hydrogen-bond donors (Lipinski definition) is 2. The lowest BCUT2D eigenvalue weighted by Gasteiger charge is -2.17. The average molecular weight is 435 g/mol. The van der Waals surface area contributed by atoms with Crippen LogP contribution in [0.1, 0.15) is 36.7 Å². The zero-order valence-corrected chi connectivity index (χ0v) is 18.4. The lowest BCUT2D eigenvalue weighted by Crippen LogP contribution is -2.29. The molecule has 3 aromatic rings. The summed E-state index contributed by atoms with van der Waals surface area (Å²) in [6.07, 6.45) is 1.65. The molecular formula is C23H26N6O3. The fraction of sp³-hybridized carbons (Fsp3) is 0.348. The van der Waals surface area contributed by atoms with E-state index in [1.54, 1.807) is 17.9 Å². The van der Waals surface area contributed by atoms with E-state index in [0.29, 0.717) is 30.2 Å². The number of hydrogen-bond acceptors (Lipinski definition) is 5. The molecule has 1 atom stereocenters. The monoisotopic (exact) mass is 434 g/mol. The third-order valence-electron chi connectivity index (χ3n) is 5.41. The first-order valence-corrected chi connectivity index (χ1v) is 10.7. The Morgan fingerprint density at radius 3 is 2.66 bits per heavy atom. The van der Waals surface area contributed by atoms with Crippen molar-refractivity contribution in [3.05, 3.63) is 63.7 Å². The van der Waals surface area contributed by atoms with Crippen LogP contribution in [0.4, 0.5) is 11.5 Å². The molecular weight excluding hydrogens is 408 g/mol. The number of carbonyl (C=O) groups is 2. The number of H-pyrrole nitrogens is 1. The molecule has 0 saturated carbocycles. The van der Waals surface area contributed by atoms with E-state index in [2.05, 4.69) is 20.4 Å². The number of aromatic amines is 1. The first-order valence-electron chi connectivity index (χ1n) is 10.7. The van der Waals surface area contributed by atoms with Gasteiger partial charge in [0, 0.05) is 36.5 Å². The number of benzene rings is 1. The zero-order chi connectivity index (χ0) is 22.8. The molecule has 1 aromatic carbocycles. The van der Waals surface area contributed by atoms with Gasteiger partial charge < -0.3 is 10.2 Å². The van der Waals surface area contributed by atoms with Crippen molar-refractivity contribution in [3.63, 3.8) is 0 Å². The predicted molar refractivity (Wildman–Crippen MR) is 121 cm³/mol. The number of aryl methyl sites for hydroxylation is 3. The van der Waals surface area contributed by atoms with Gasteiger partial charge in [0.25, 0.3) is 5.56 Å². The molecule has 1 saturated heterocycles. The summed E-state index contributed by atoms with van der Waals surface area (Å²) < 4.78 is 1.42. The van der Waals surface area contributed by atoms with Crippen LogP contribution in [0.2, 0.25) is 0 Å². The second kappa shape index (κ2) is 8.78. The summed E-state index contributed by atoms with van der Waals surface area (Å²) >= 11 is 0. The molecule has 1 aliphatic rings. The molecule has 0 spiro atoms. The fourth-order valence-corrected chi connectivity index (χ4v) is 3.81. The van der Waals surface area contributed by atoms with E-state index in [0.717, 1.165) is 17.7 Å². The summed E-state index contributed by atoms with van der Waals surface area (Å²) in [5.74, 6) is -0.220. The first kappa shape index (κ1) is 21.5. The van der Waals surface area contributed by atoms with Crippen LogP contribution < -0.4 is 15.8 Å². The maximum Gasteiger partial charge on any atom is 0.252 e. The van der Waals surface area contributed by atoms with Gasteiger partial charge in [-0.2, -0.15) is 9.78 Å². The van der Waals surface area contributed by atoms with Crippen LogP contribution in [0.15, 0.2) is 41.2 Å². The van der Waals surface area contributed by atoms with Gasteiger partial charge in [0.15, 0.2) is 0 Å². The Hall–Kier alpha value is -3.75. The van der Waals surface area contributed by atoms with Gasteiger partial charge in [-0.15, -0.1) is 0 Å². The standard InChI is InChI=1S/C23H26N6O3/c1-4-5-17-12-20(30)26-23(24-17)29-19(10-15(3)27-29)25-22(32)16-11-21(31)28(13-16)18-8-6-14(2)7-9-18/h6-10,12,16H,4-5,11,13H2,1-3H3,(H,25,32)(H,24,26,30)/t16-/m1/s1. The minimum atomic E-state index is -0.495. The van der Waals surface area contributed by atoms with Gasteiger partial charge in [-0.25, -0.2) is 4.98 Å². The molecule has 2 N–H and O–H groups in total. The molecule has 2 aromatic heterocycles. The van der Waals surface area contributed by atoms with Crippen molar-refractivity contribution in [3.8, 4) is 5.95 Å². The number of nitrogens with one attached hydrogen (secondary N) is 2. The van der Waals surface area contributed by atoms with Gasteiger partial charge in [-0.3, -0.25) is 19.4 Å². The van der Waals surface area contributed by atoms with Crippen molar-refractivity contribution < 1.29 is 9.59 Å². The number of rotatable bonds is 6. The summed E-state index contributed by atoms with van der Waals surface area (Å²) in [6, 6.07) is 10.8. The fourth-order valence-electron chi connectivity index (χ4n) is 3.81. The summed E-state index contributed by atoms with van der Waals surface area (Å²) in [7, 11) is 0. The van der Waals surface area contributed by atoms with Crippen molar-refractivity contribution in [1.29, 1.82) is 0 Å². The topological polar surface area (TPSA) is 113 Å². The predicted octanol–water partition coefficient (Wildman–Crippen LogP) is 2.52. The molecule has 0 radical (unpaired) electrons. The van der Waals surface area contributed by atoms with E-state index in [-0.39, 0.29) is 29.7 Å². The average Bonchev–Trinajstić information content (AvgIpc) is 3.31. The third-order valence-corrected chi connectivity index (χ3v) is 5.41. The van der Waals surface area contributed by atoms with Crippen LogP contribution >= 0.6 is 0 Å². The van der Waals surface area contributed by atoms with Gasteiger partial charge in [0.1, 0.15) is 5.82 Å². The summed E-state index contributed by atoms with van der Waals surface area (Å²) in [4.78, 5) is 46.4. The Kier molecular flexibility index (Phi) is 5.89. The lowest BCUT2D eigenvalue weighted by molar-refractivity contribution is -0.122. The molecule has 0 unspecified atom stereocenters. The number of aromatic nitrogens is 4. The molecule has 0 bridgehead atoms. The summed E-state index contributed by atoms with van der Waals surface area (Å²) in [5, 5.41) is 7.25. The number of anilines is 2. The van der Waals surface area contributed by atoms with Crippen LogP contribution in [0.25, 0.3) is 5.95 Å². The van der Waals surface area contributed by atoms with Gasteiger partial charge in [-0.05, 0) is 32.4 Å². The number of nitrogens with zero attached hydrogens (tertiary/aromatic N) is 4. The minimum Gasteiger partial charge on any atom is -0.312 e. The third kappa shape index (κ3) is 4.46. The van der Waals surface area contributed by atoms with Crippen molar-refractivity contribution in [2.24, 2.45) is 5.92 Å². The minimum absolute atomic E-state index is 0.0862. The van der Waals surface area contributed by atoms with E-state index in [9.17, 15) is 14.4 Å². The largest absolute Gasteiger partial charge is 0.312 e. The molecule has 4 rings (SSSR count). The molecule has 32 heavy (non-hydrogen) atoms. The molecule has 1 aliphatic heterocycles. The Morgan fingerprint density at radius 1 is 1.19 bits per heavy atom.